The van der Waals surface area contributed by atoms with E-state index in [9.17, 15) is 0 Å². The highest BCUT2D eigenvalue weighted by Crippen LogP contribution is 2.44. The van der Waals surface area contributed by atoms with E-state index in [1.807, 2.05) is 0 Å². The van der Waals surface area contributed by atoms with Gasteiger partial charge in [0.15, 0.2) is 0 Å². The minimum Gasteiger partial charge on any atom is -0.236 e. The molecule has 1 heterocycles. The first-order valence-corrected chi connectivity index (χ1v) is 8.15. The maximum atomic E-state index is 6.25. The van der Waals surface area contributed by atoms with Crippen LogP contribution in [0.3, 0.4) is 0 Å². The molecule has 2 nitrogen and oxygen atoms in total. The van der Waals surface area contributed by atoms with Gasteiger partial charge >= 0.3 is 0 Å². The number of nitrogens with zero attached hydrogens (tertiary/aromatic N) is 2. The molecule has 0 amide bonds. The standard InChI is InChI=1S/C14H18BrClN2/c15-11-12(9-7-8-9)17-14(18-13(11)16)10-5-3-1-2-4-6-10/h9-10H,1-8H2. The molecule has 0 atom stereocenters. The van der Waals surface area contributed by atoms with Gasteiger partial charge in [-0.15, -0.1) is 0 Å². The largest absolute Gasteiger partial charge is 0.236 e. The highest BCUT2D eigenvalue weighted by Gasteiger charge is 2.30. The van der Waals surface area contributed by atoms with E-state index in [0.29, 0.717) is 17.0 Å². The van der Waals surface area contributed by atoms with Gasteiger partial charge in [0.05, 0.1) is 10.2 Å². The first kappa shape index (κ1) is 12.9. The predicted molar refractivity (Wildman–Crippen MR) is 77.2 cm³/mol. The van der Waals surface area contributed by atoms with Gasteiger partial charge in [-0.05, 0) is 41.6 Å². The number of hydrogen-bond acceptors (Lipinski definition) is 2. The number of hydrogen-bond donors (Lipinski definition) is 0. The lowest BCUT2D eigenvalue weighted by atomic mass is 9.99. The van der Waals surface area contributed by atoms with Crippen LogP contribution in [0.4, 0.5) is 0 Å². The Morgan fingerprint density at radius 3 is 2.17 bits per heavy atom. The molecule has 1 aromatic heterocycles. The van der Waals surface area contributed by atoms with Crippen molar-refractivity contribution >= 4 is 27.5 Å². The molecule has 0 N–H and O–H groups in total. The quantitative estimate of drug-likeness (QED) is 0.550. The molecule has 0 radical (unpaired) electrons. The van der Waals surface area contributed by atoms with Gasteiger partial charge in [0.1, 0.15) is 11.0 Å². The van der Waals surface area contributed by atoms with E-state index < -0.39 is 0 Å². The molecule has 4 heteroatoms. The molecule has 0 aromatic carbocycles. The SMILES string of the molecule is Clc1nc(C2CCCCCC2)nc(C2CC2)c1Br. The fourth-order valence-electron chi connectivity index (χ4n) is 2.80. The van der Waals surface area contributed by atoms with Gasteiger partial charge in [0.25, 0.3) is 0 Å². The highest BCUT2D eigenvalue weighted by molar-refractivity contribution is 9.10. The van der Waals surface area contributed by atoms with Gasteiger partial charge in [-0.25, -0.2) is 9.97 Å². The van der Waals surface area contributed by atoms with Gasteiger partial charge in [-0.3, -0.25) is 0 Å². The Hall–Kier alpha value is -0.150. The van der Waals surface area contributed by atoms with Gasteiger partial charge in [-0.2, -0.15) is 0 Å². The summed E-state index contributed by atoms with van der Waals surface area (Å²) in [6.07, 6.45) is 10.3. The molecule has 98 valence electrons. The van der Waals surface area contributed by atoms with Crippen molar-refractivity contribution in [1.82, 2.24) is 9.97 Å². The second-order valence-corrected chi connectivity index (χ2v) is 6.69. The Bertz CT molecular complexity index is 438. The molecule has 0 unspecified atom stereocenters. The monoisotopic (exact) mass is 328 g/mol. The van der Waals surface area contributed by atoms with Crippen LogP contribution in [0, 0.1) is 0 Å². The van der Waals surface area contributed by atoms with Crippen LogP contribution in [0.5, 0.6) is 0 Å². The molecule has 2 aliphatic rings. The fraction of sp³-hybridized carbons (Fsp3) is 0.714. The average molecular weight is 330 g/mol. The van der Waals surface area contributed by atoms with E-state index in [1.54, 1.807) is 0 Å². The topological polar surface area (TPSA) is 25.8 Å². The minimum absolute atomic E-state index is 0.524. The summed E-state index contributed by atoms with van der Waals surface area (Å²) in [4.78, 5) is 9.33. The van der Waals surface area contributed by atoms with Crippen molar-refractivity contribution < 1.29 is 0 Å². The fourth-order valence-corrected chi connectivity index (χ4v) is 3.48. The summed E-state index contributed by atoms with van der Waals surface area (Å²) in [6, 6.07) is 0. The lowest BCUT2D eigenvalue weighted by molar-refractivity contribution is 0.557. The number of aromatic nitrogens is 2. The Kier molecular flexibility index (Phi) is 3.90. The zero-order valence-electron chi connectivity index (χ0n) is 10.5. The maximum absolute atomic E-state index is 6.25. The first-order valence-electron chi connectivity index (χ1n) is 6.98. The molecule has 0 bridgehead atoms. The summed E-state index contributed by atoms with van der Waals surface area (Å²) in [6.45, 7) is 0. The molecular formula is C14H18BrClN2. The minimum atomic E-state index is 0.524. The zero-order valence-corrected chi connectivity index (χ0v) is 12.8. The smallest absolute Gasteiger partial charge is 0.147 e. The second kappa shape index (κ2) is 5.46. The van der Waals surface area contributed by atoms with Gasteiger partial charge in [0, 0.05) is 11.8 Å². The molecule has 0 aliphatic heterocycles. The van der Waals surface area contributed by atoms with Gasteiger partial charge in [0.2, 0.25) is 0 Å². The van der Waals surface area contributed by atoms with Crippen LogP contribution in [-0.2, 0) is 0 Å². The van der Waals surface area contributed by atoms with Crippen LogP contribution in [0.2, 0.25) is 5.15 Å². The van der Waals surface area contributed by atoms with Crippen LogP contribution in [0.25, 0.3) is 0 Å². The summed E-state index contributed by atoms with van der Waals surface area (Å²) in [5, 5.41) is 0.603. The van der Waals surface area contributed by atoms with Gasteiger partial charge in [-0.1, -0.05) is 37.3 Å². The van der Waals surface area contributed by atoms with E-state index in [2.05, 4.69) is 20.9 Å². The zero-order chi connectivity index (χ0) is 12.5. The third kappa shape index (κ3) is 2.72. The van der Waals surface area contributed by atoms with Crippen LogP contribution in [0.15, 0.2) is 4.47 Å². The van der Waals surface area contributed by atoms with Crippen LogP contribution < -0.4 is 0 Å². The third-order valence-electron chi connectivity index (χ3n) is 4.04. The Morgan fingerprint density at radius 2 is 1.56 bits per heavy atom. The molecule has 2 aliphatic carbocycles. The van der Waals surface area contributed by atoms with Crippen molar-refractivity contribution in [2.45, 2.75) is 63.2 Å². The molecule has 2 fully saturated rings. The van der Waals surface area contributed by atoms with Crippen molar-refractivity contribution in [3.05, 3.63) is 21.1 Å². The summed E-state index contributed by atoms with van der Waals surface area (Å²) in [7, 11) is 0. The molecule has 3 rings (SSSR count). The summed E-state index contributed by atoms with van der Waals surface area (Å²) in [5.74, 6) is 2.13. The van der Waals surface area contributed by atoms with Crippen molar-refractivity contribution in [1.29, 1.82) is 0 Å². The lowest BCUT2D eigenvalue weighted by Crippen LogP contribution is -2.07. The maximum Gasteiger partial charge on any atom is 0.147 e. The second-order valence-electron chi connectivity index (χ2n) is 5.53. The molecular weight excluding hydrogens is 312 g/mol. The van der Waals surface area contributed by atoms with E-state index in [4.69, 9.17) is 16.6 Å². The third-order valence-corrected chi connectivity index (χ3v) is 5.32. The Balaban J connectivity index is 1.90. The predicted octanol–water partition coefficient (Wildman–Crippen LogP) is 5.21. The summed E-state index contributed by atoms with van der Waals surface area (Å²) in [5.41, 5.74) is 1.15. The van der Waals surface area contributed by atoms with Gasteiger partial charge < -0.3 is 0 Å². The number of halogens is 2. The first-order chi connectivity index (χ1) is 8.75. The van der Waals surface area contributed by atoms with Crippen LogP contribution in [-0.4, -0.2) is 9.97 Å². The number of rotatable bonds is 2. The molecule has 0 saturated heterocycles. The van der Waals surface area contributed by atoms with Crippen molar-refractivity contribution in [3.63, 3.8) is 0 Å². The summed E-state index contributed by atoms with van der Waals surface area (Å²) < 4.78 is 0.920. The van der Waals surface area contributed by atoms with Crippen molar-refractivity contribution in [2.75, 3.05) is 0 Å². The van der Waals surface area contributed by atoms with Crippen molar-refractivity contribution in [2.24, 2.45) is 0 Å². The molecule has 18 heavy (non-hydrogen) atoms. The molecule has 2 saturated carbocycles. The van der Waals surface area contributed by atoms with E-state index in [1.165, 1.54) is 51.4 Å². The Morgan fingerprint density at radius 1 is 0.889 bits per heavy atom. The van der Waals surface area contributed by atoms with E-state index in [-0.39, 0.29) is 0 Å². The molecule has 0 spiro atoms. The summed E-state index contributed by atoms with van der Waals surface area (Å²) >= 11 is 9.79. The Labute approximate surface area is 122 Å². The van der Waals surface area contributed by atoms with E-state index in [0.717, 1.165) is 16.0 Å². The molecule has 1 aromatic rings. The van der Waals surface area contributed by atoms with Crippen LogP contribution >= 0.6 is 27.5 Å². The van der Waals surface area contributed by atoms with E-state index >= 15 is 0 Å². The normalized spacial score (nSPS) is 21.9. The highest BCUT2D eigenvalue weighted by atomic mass is 79.9. The average Bonchev–Trinajstić information content (AvgIpc) is 3.17. The lowest BCUT2D eigenvalue weighted by Gasteiger charge is -2.15. The van der Waals surface area contributed by atoms with Crippen molar-refractivity contribution in [3.8, 4) is 0 Å². The van der Waals surface area contributed by atoms with Crippen LogP contribution in [0.1, 0.15) is 74.7 Å².